The fourth-order valence-corrected chi connectivity index (χ4v) is 4.38. The van der Waals surface area contributed by atoms with Gasteiger partial charge in [0.05, 0.1) is 27.0 Å². The average Bonchev–Trinajstić information content (AvgIpc) is 3.21. The second-order valence-corrected chi connectivity index (χ2v) is 9.23. The quantitative estimate of drug-likeness (QED) is 0.256. The minimum absolute atomic E-state index is 0.241. The predicted molar refractivity (Wildman–Crippen MR) is 139 cm³/mol. The normalized spacial score (nSPS) is 11.2. The number of hydrogen-bond acceptors (Lipinski definition) is 4. The second-order valence-electron chi connectivity index (χ2n) is 8.00. The molecule has 0 unspecified atom stereocenters. The largest absolute Gasteiger partial charge is 0.485 e. The molecule has 0 radical (unpaired) electrons. The average molecular weight is 526 g/mol. The number of aryl methyl sites for hydroxylation is 2. The molecule has 3 heterocycles. The molecule has 6 nitrogen and oxygen atoms in total. The Morgan fingerprint density at radius 3 is 2.49 bits per heavy atom. The zero-order valence-electron chi connectivity index (χ0n) is 18.8. The van der Waals surface area contributed by atoms with Crippen molar-refractivity contribution in [3.8, 4) is 22.7 Å². The van der Waals surface area contributed by atoms with Crippen molar-refractivity contribution in [3.05, 3.63) is 109 Å². The number of benzene rings is 2. The van der Waals surface area contributed by atoms with Crippen LogP contribution in [0.4, 0.5) is 0 Å². The minimum Gasteiger partial charge on any atom is -0.485 e. The molecule has 0 aliphatic rings. The van der Waals surface area contributed by atoms with Gasteiger partial charge in [-0.05, 0) is 56.3 Å². The Morgan fingerprint density at radius 1 is 0.914 bits per heavy atom. The highest BCUT2D eigenvalue weighted by Gasteiger charge is 2.19. The first-order valence-electron chi connectivity index (χ1n) is 10.7. The van der Waals surface area contributed by atoms with Gasteiger partial charge in [-0.15, -0.1) is 0 Å². The van der Waals surface area contributed by atoms with E-state index in [1.54, 1.807) is 42.1 Å². The number of fused-ring (bicyclic) bond motifs is 1. The standard InChI is InChI=1S/C26H19Cl3N4O2/c1-15-12-22(31-33(15)18-9-10-20(28)21(29)13-18)24-16(2)30-25-23(8-5-11-32(25)26(24)34)35-14-17-6-3-4-7-19(17)27/h3-13H,14H2,1-2H3. The SMILES string of the molecule is Cc1nc2c(OCc3ccccc3Cl)cccn2c(=O)c1-c1cc(C)n(-c2ccc(Cl)c(Cl)c2)n1. The van der Waals surface area contributed by atoms with Crippen molar-refractivity contribution < 1.29 is 4.74 Å². The fraction of sp³-hybridized carbons (Fsp3) is 0.115. The summed E-state index contributed by atoms with van der Waals surface area (Å²) in [5, 5.41) is 6.17. The minimum atomic E-state index is -0.241. The third-order valence-corrected chi connectivity index (χ3v) is 6.74. The van der Waals surface area contributed by atoms with E-state index in [2.05, 4.69) is 5.10 Å². The summed E-state index contributed by atoms with van der Waals surface area (Å²) < 4.78 is 9.18. The molecule has 9 heteroatoms. The zero-order valence-corrected chi connectivity index (χ0v) is 21.1. The van der Waals surface area contributed by atoms with Gasteiger partial charge in [0, 0.05) is 22.5 Å². The molecular weight excluding hydrogens is 507 g/mol. The monoisotopic (exact) mass is 524 g/mol. The van der Waals surface area contributed by atoms with E-state index in [-0.39, 0.29) is 12.2 Å². The molecular formula is C26H19Cl3N4O2. The van der Waals surface area contributed by atoms with Crippen molar-refractivity contribution in [2.75, 3.05) is 0 Å². The molecule has 0 bridgehead atoms. The Kier molecular flexibility index (Phi) is 6.28. The lowest BCUT2D eigenvalue weighted by Crippen LogP contribution is -2.19. The molecule has 3 aromatic heterocycles. The van der Waals surface area contributed by atoms with Gasteiger partial charge in [-0.25, -0.2) is 9.67 Å². The summed E-state index contributed by atoms with van der Waals surface area (Å²) in [7, 11) is 0. The molecule has 5 rings (SSSR count). The van der Waals surface area contributed by atoms with Crippen LogP contribution in [0.15, 0.2) is 71.7 Å². The fourth-order valence-electron chi connectivity index (χ4n) is 3.90. The number of nitrogens with zero attached hydrogens (tertiary/aromatic N) is 4. The van der Waals surface area contributed by atoms with E-state index in [0.717, 1.165) is 16.9 Å². The lowest BCUT2D eigenvalue weighted by molar-refractivity contribution is 0.308. The van der Waals surface area contributed by atoms with Crippen LogP contribution in [-0.4, -0.2) is 19.2 Å². The molecule has 0 N–H and O–H groups in total. The van der Waals surface area contributed by atoms with E-state index in [1.807, 2.05) is 43.3 Å². The maximum absolute atomic E-state index is 13.5. The highest BCUT2D eigenvalue weighted by atomic mass is 35.5. The molecule has 0 spiro atoms. The summed E-state index contributed by atoms with van der Waals surface area (Å²) in [5.41, 5.74) is 4.07. The van der Waals surface area contributed by atoms with Gasteiger partial charge in [-0.1, -0.05) is 53.0 Å². The molecule has 0 saturated carbocycles. The Labute approximate surface area is 216 Å². The van der Waals surface area contributed by atoms with Gasteiger partial charge >= 0.3 is 0 Å². The van der Waals surface area contributed by atoms with Gasteiger partial charge in [0.25, 0.3) is 5.56 Å². The molecule has 2 aromatic carbocycles. The lowest BCUT2D eigenvalue weighted by atomic mass is 10.1. The number of aromatic nitrogens is 4. The van der Waals surface area contributed by atoms with Crippen LogP contribution in [0.1, 0.15) is 17.0 Å². The van der Waals surface area contributed by atoms with Gasteiger partial charge in [0.2, 0.25) is 0 Å². The molecule has 5 aromatic rings. The molecule has 0 amide bonds. The van der Waals surface area contributed by atoms with Gasteiger partial charge < -0.3 is 4.74 Å². The van der Waals surface area contributed by atoms with Crippen molar-refractivity contribution in [2.45, 2.75) is 20.5 Å². The third kappa shape index (κ3) is 4.41. The van der Waals surface area contributed by atoms with Crippen LogP contribution in [0, 0.1) is 13.8 Å². The molecule has 176 valence electrons. The van der Waals surface area contributed by atoms with E-state index in [4.69, 9.17) is 44.5 Å². The summed E-state index contributed by atoms with van der Waals surface area (Å²) in [6.07, 6.45) is 1.67. The molecule has 0 atom stereocenters. The maximum atomic E-state index is 13.5. The number of pyridine rings is 1. The van der Waals surface area contributed by atoms with Crippen LogP contribution in [0.3, 0.4) is 0 Å². The Balaban J connectivity index is 1.56. The van der Waals surface area contributed by atoms with Crippen molar-refractivity contribution in [1.82, 2.24) is 19.2 Å². The lowest BCUT2D eigenvalue weighted by Gasteiger charge is -2.12. The van der Waals surface area contributed by atoms with E-state index in [0.29, 0.717) is 43.4 Å². The van der Waals surface area contributed by atoms with Gasteiger partial charge in [0.15, 0.2) is 11.4 Å². The van der Waals surface area contributed by atoms with Crippen molar-refractivity contribution in [3.63, 3.8) is 0 Å². The second kappa shape index (κ2) is 9.38. The molecule has 35 heavy (non-hydrogen) atoms. The number of hydrogen-bond donors (Lipinski definition) is 0. The molecule has 0 fully saturated rings. The highest BCUT2D eigenvalue weighted by molar-refractivity contribution is 6.42. The molecule has 0 aliphatic heterocycles. The zero-order chi connectivity index (χ0) is 24.7. The highest BCUT2D eigenvalue weighted by Crippen LogP contribution is 2.28. The maximum Gasteiger partial charge on any atom is 0.267 e. The Bertz CT molecular complexity index is 1640. The van der Waals surface area contributed by atoms with Crippen LogP contribution >= 0.6 is 34.8 Å². The van der Waals surface area contributed by atoms with E-state index < -0.39 is 0 Å². The van der Waals surface area contributed by atoms with Crippen LogP contribution in [0.25, 0.3) is 22.6 Å². The van der Waals surface area contributed by atoms with E-state index >= 15 is 0 Å². The van der Waals surface area contributed by atoms with Gasteiger partial charge in [-0.2, -0.15) is 5.10 Å². The summed E-state index contributed by atoms with van der Waals surface area (Å²) in [4.78, 5) is 18.2. The molecule has 0 saturated heterocycles. The van der Waals surface area contributed by atoms with Crippen LogP contribution < -0.4 is 10.3 Å². The predicted octanol–water partition coefficient (Wildman–Crippen LogP) is 6.70. The van der Waals surface area contributed by atoms with Crippen LogP contribution in [-0.2, 0) is 6.61 Å². The van der Waals surface area contributed by atoms with Gasteiger partial charge in [0.1, 0.15) is 12.3 Å². The summed E-state index contributed by atoms with van der Waals surface area (Å²) in [5.74, 6) is 0.483. The first-order chi connectivity index (χ1) is 16.8. The van der Waals surface area contributed by atoms with Crippen molar-refractivity contribution >= 4 is 40.4 Å². The smallest absolute Gasteiger partial charge is 0.267 e. The third-order valence-electron chi connectivity index (χ3n) is 5.63. The molecule has 0 aliphatic carbocycles. The summed E-state index contributed by atoms with van der Waals surface area (Å²) in [6.45, 7) is 3.94. The van der Waals surface area contributed by atoms with E-state index in [1.165, 1.54) is 4.40 Å². The first kappa shape index (κ1) is 23.4. The topological polar surface area (TPSA) is 61.4 Å². The Morgan fingerprint density at radius 2 is 1.71 bits per heavy atom. The van der Waals surface area contributed by atoms with Crippen molar-refractivity contribution in [1.29, 1.82) is 0 Å². The Hall–Kier alpha value is -3.32. The summed E-state index contributed by atoms with van der Waals surface area (Å²) in [6, 6.07) is 18.1. The number of rotatable bonds is 5. The number of ether oxygens (including phenoxy) is 1. The van der Waals surface area contributed by atoms with Crippen LogP contribution in [0.5, 0.6) is 5.75 Å². The van der Waals surface area contributed by atoms with Crippen molar-refractivity contribution in [2.24, 2.45) is 0 Å². The first-order valence-corrected chi connectivity index (χ1v) is 11.9. The number of halogens is 3. The summed E-state index contributed by atoms with van der Waals surface area (Å²) >= 11 is 18.5. The van der Waals surface area contributed by atoms with E-state index in [9.17, 15) is 4.79 Å². The van der Waals surface area contributed by atoms with Gasteiger partial charge in [-0.3, -0.25) is 9.20 Å². The van der Waals surface area contributed by atoms with Crippen LogP contribution in [0.2, 0.25) is 15.1 Å².